The maximum absolute atomic E-state index is 4.40. The first-order chi connectivity index (χ1) is 7.18. The molecule has 0 saturated carbocycles. The molecule has 0 radical (unpaired) electrons. The van der Waals surface area contributed by atoms with E-state index in [1.54, 1.807) is 17.1 Å². The lowest BCUT2D eigenvalue weighted by Crippen LogP contribution is -2.08. The molecule has 0 atom stereocenters. The molecule has 0 saturated heterocycles. The van der Waals surface area contributed by atoms with E-state index in [0.29, 0.717) is 0 Å². The Morgan fingerprint density at radius 2 is 1.87 bits per heavy atom. The molecular formula is C10H13N5. The number of aryl methyl sites for hydroxylation is 1. The van der Waals surface area contributed by atoms with Gasteiger partial charge in [-0.2, -0.15) is 5.10 Å². The van der Waals surface area contributed by atoms with Crippen LogP contribution in [0.15, 0.2) is 24.9 Å². The van der Waals surface area contributed by atoms with Crippen LogP contribution in [0.4, 0.5) is 5.69 Å². The van der Waals surface area contributed by atoms with Crippen LogP contribution in [0.1, 0.15) is 5.69 Å². The molecule has 78 valence electrons. The standard InChI is InChI=1S/C10H13N5/c1-8-10(14(2)3)6-15(13-8)9-4-11-7-12-5-9/h4-7H,1-3H3. The summed E-state index contributed by atoms with van der Waals surface area (Å²) in [5, 5.41) is 4.40. The first kappa shape index (κ1) is 9.64. The quantitative estimate of drug-likeness (QED) is 0.731. The van der Waals surface area contributed by atoms with Gasteiger partial charge in [-0.25, -0.2) is 14.6 Å². The third kappa shape index (κ3) is 1.81. The summed E-state index contributed by atoms with van der Waals surface area (Å²) >= 11 is 0. The Hall–Kier alpha value is -1.91. The summed E-state index contributed by atoms with van der Waals surface area (Å²) < 4.78 is 1.78. The largest absolute Gasteiger partial charge is 0.375 e. The Bertz CT molecular complexity index is 446. The molecule has 0 N–H and O–H groups in total. The molecule has 0 unspecified atom stereocenters. The molecule has 15 heavy (non-hydrogen) atoms. The zero-order valence-electron chi connectivity index (χ0n) is 9.05. The van der Waals surface area contributed by atoms with Gasteiger partial charge < -0.3 is 4.90 Å². The average Bonchev–Trinajstić information content (AvgIpc) is 2.62. The van der Waals surface area contributed by atoms with Crippen LogP contribution in [0.2, 0.25) is 0 Å². The Labute approximate surface area is 88.4 Å². The minimum absolute atomic E-state index is 0.869. The monoisotopic (exact) mass is 203 g/mol. The van der Waals surface area contributed by atoms with Gasteiger partial charge in [-0.1, -0.05) is 0 Å². The molecule has 0 spiro atoms. The van der Waals surface area contributed by atoms with Crippen LogP contribution in [-0.2, 0) is 0 Å². The summed E-state index contributed by atoms with van der Waals surface area (Å²) in [6.45, 7) is 1.98. The van der Waals surface area contributed by atoms with Crippen molar-refractivity contribution in [3.05, 3.63) is 30.6 Å². The summed E-state index contributed by atoms with van der Waals surface area (Å²) in [6.07, 6.45) is 6.94. The van der Waals surface area contributed by atoms with Crippen molar-refractivity contribution in [1.29, 1.82) is 0 Å². The SMILES string of the molecule is Cc1nn(-c2cncnc2)cc1N(C)C. The van der Waals surface area contributed by atoms with Gasteiger partial charge in [0.05, 0.1) is 30.0 Å². The molecule has 0 amide bonds. The summed E-state index contributed by atoms with van der Waals surface area (Å²) in [7, 11) is 3.99. The predicted octanol–water partition coefficient (Wildman–Crippen LogP) is 1.04. The van der Waals surface area contributed by atoms with E-state index in [1.165, 1.54) is 6.33 Å². The Morgan fingerprint density at radius 1 is 1.20 bits per heavy atom. The molecule has 0 aliphatic heterocycles. The molecule has 2 aromatic rings. The zero-order valence-corrected chi connectivity index (χ0v) is 9.05. The number of anilines is 1. The highest BCUT2D eigenvalue weighted by Gasteiger charge is 2.07. The Balaban J connectivity index is 2.43. The zero-order chi connectivity index (χ0) is 10.8. The lowest BCUT2D eigenvalue weighted by molar-refractivity contribution is 0.848. The van der Waals surface area contributed by atoms with Crippen molar-refractivity contribution in [2.24, 2.45) is 0 Å². The van der Waals surface area contributed by atoms with Crippen LogP contribution >= 0.6 is 0 Å². The predicted molar refractivity (Wildman–Crippen MR) is 58.2 cm³/mol. The maximum atomic E-state index is 4.40. The van der Waals surface area contributed by atoms with Crippen molar-refractivity contribution < 1.29 is 0 Å². The van der Waals surface area contributed by atoms with Gasteiger partial charge in [-0.3, -0.25) is 0 Å². The van der Waals surface area contributed by atoms with E-state index in [1.807, 2.05) is 32.1 Å². The number of nitrogens with zero attached hydrogens (tertiary/aromatic N) is 5. The van der Waals surface area contributed by atoms with E-state index >= 15 is 0 Å². The molecule has 0 aliphatic rings. The van der Waals surface area contributed by atoms with Crippen molar-refractivity contribution in [2.75, 3.05) is 19.0 Å². The summed E-state index contributed by atoms with van der Waals surface area (Å²) in [5.74, 6) is 0. The highest BCUT2D eigenvalue weighted by molar-refractivity contribution is 5.49. The van der Waals surface area contributed by atoms with Crippen molar-refractivity contribution in [2.45, 2.75) is 6.92 Å². The van der Waals surface area contributed by atoms with Gasteiger partial charge in [0.1, 0.15) is 12.0 Å². The Morgan fingerprint density at radius 3 is 2.40 bits per heavy atom. The molecule has 2 rings (SSSR count). The van der Waals surface area contributed by atoms with Crippen LogP contribution in [0, 0.1) is 6.92 Å². The van der Waals surface area contributed by atoms with Gasteiger partial charge >= 0.3 is 0 Å². The van der Waals surface area contributed by atoms with E-state index in [4.69, 9.17) is 0 Å². The lowest BCUT2D eigenvalue weighted by atomic mass is 10.4. The van der Waals surface area contributed by atoms with Gasteiger partial charge in [-0.05, 0) is 6.92 Å². The second-order valence-corrected chi connectivity index (χ2v) is 3.54. The first-order valence-electron chi connectivity index (χ1n) is 4.67. The molecular weight excluding hydrogens is 190 g/mol. The van der Waals surface area contributed by atoms with Gasteiger partial charge in [0.25, 0.3) is 0 Å². The molecule has 2 heterocycles. The number of rotatable bonds is 2. The van der Waals surface area contributed by atoms with Crippen LogP contribution in [-0.4, -0.2) is 33.8 Å². The molecule has 0 aromatic carbocycles. The van der Waals surface area contributed by atoms with E-state index in [9.17, 15) is 0 Å². The first-order valence-corrected chi connectivity index (χ1v) is 4.67. The topological polar surface area (TPSA) is 46.8 Å². The van der Waals surface area contributed by atoms with Gasteiger partial charge in [0.2, 0.25) is 0 Å². The lowest BCUT2D eigenvalue weighted by Gasteiger charge is -2.08. The van der Waals surface area contributed by atoms with Gasteiger partial charge in [0.15, 0.2) is 0 Å². The molecule has 0 bridgehead atoms. The van der Waals surface area contributed by atoms with E-state index in [0.717, 1.165) is 17.1 Å². The molecule has 5 nitrogen and oxygen atoms in total. The number of hydrogen-bond acceptors (Lipinski definition) is 4. The summed E-state index contributed by atoms with van der Waals surface area (Å²) in [6, 6.07) is 0. The van der Waals surface area contributed by atoms with Crippen LogP contribution in [0.3, 0.4) is 0 Å². The normalized spacial score (nSPS) is 10.3. The van der Waals surface area contributed by atoms with Crippen LogP contribution in [0.5, 0.6) is 0 Å². The van der Waals surface area contributed by atoms with Crippen molar-refractivity contribution >= 4 is 5.69 Å². The fourth-order valence-electron chi connectivity index (χ4n) is 1.43. The minimum Gasteiger partial charge on any atom is -0.375 e. The second-order valence-electron chi connectivity index (χ2n) is 3.54. The average molecular weight is 203 g/mol. The van der Waals surface area contributed by atoms with Crippen LogP contribution < -0.4 is 4.90 Å². The maximum Gasteiger partial charge on any atom is 0.115 e. The van der Waals surface area contributed by atoms with E-state index < -0.39 is 0 Å². The summed E-state index contributed by atoms with van der Waals surface area (Å²) in [4.78, 5) is 9.95. The molecule has 5 heteroatoms. The highest BCUT2D eigenvalue weighted by atomic mass is 15.3. The van der Waals surface area contributed by atoms with E-state index in [2.05, 4.69) is 15.1 Å². The van der Waals surface area contributed by atoms with Gasteiger partial charge in [-0.15, -0.1) is 0 Å². The van der Waals surface area contributed by atoms with Gasteiger partial charge in [0, 0.05) is 14.1 Å². The summed E-state index contributed by atoms with van der Waals surface area (Å²) in [5.41, 5.74) is 2.96. The van der Waals surface area contributed by atoms with Crippen molar-refractivity contribution in [1.82, 2.24) is 19.7 Å². The van der Waals surface area contributed by atoms with Crippen LogP contribution in [0.25, 0.3) is 5.69 Å². The highest BCUT2D eigenvalue weighted by Crippen LogP contribution is 2.17. The fraction of sp³-hybridized carbons (Fsp3) is 0.300. The molecule has 0 aliphatic carbocycles. The third-order valence-electron chi connectivity index (χ3n) is 2.17. The Kier molecular flexibility index (Phi) is 2.37. The smallest absolute Gasteiger partial charge is 0.115 e. The number of hydrogen-bond donors (Lipinski definition) is 0. The fourth-order valence-corrected chi connectivity index (χ4v) is 1.43. The molecule has 0 fully saturated rings. The van der Waals surface area contributed by atoms with Crippen molar-refractivity contribution in [3.63, 3.8) is 0 Å². The second kappa shape index (κ2) is 3.68. The minimum atomic E-state index is 0.869. The number of aromatic nitrogens is 4. The van der Waals surface area contributed by atoms with Crippen molar-refractivity contribution in [3.8, 4) is 5.69 Å². The third-order valence-corrected chi connectivity index (χ3v) is 2.17. The van der Waals surface area contributed by atoms with E-state index in [-0.39, 0.29) is 0 Å². The molecule has 2 aromatic heterocycles.